The molecule has 0 radical (unpaired) electrons. The molecule has 1 rings (SSSR count). The lowest BCUT2D eigenvalue weighted by molar-refractivity contribution is 0.484. The second-order valence-corrected chi connectivity index (χ2v) is 3.12. The highest BCUT2D eigenvalue weighted by molar-refractivity contribution is 5.22. The van der Waals surface area contributed by atoms with Crippen LogP contribution in [0, 0.1) is 11.6 Å². The van der Waals surface area contributed by atoms with Crippen LogP contribution in [0.15, 0.2) is 30.9 Å². The summed E-state index contributed by atoms with van der Waals surface area (Å²) in [5.74, 6) is -1.69. The van der Waals surface area contributed by atoms with Crippen molar-refractivity contribution in [3.05, 3.63) is 48.1 Å². The Morgan fingerprint density at radius 2 is 2.14 bits per heavy atom. The molecule has 0 aliphatic carbocycles. The average Bonchev–Trinajstić information content (AvgIpc) is 2.18. The van der Waals surface area contributed by atoms with E-state index in [0.29, 0.717) is 12.8 Å². The van der Waals surface area contributed by atoms with Gasteiger partial charge in [-0.1, -0.05) is 18.2 Å². The molecular formula is C11H13F2N. The summed E-state index contributed by atoms with van der Waals surface area (Å²) >= 11 is 0. The summed E-state index contributed by atoms with van der Waals surface area (Å²) in [4.78, 5) is 0. The third-order valence-electron chi connectivity index (χ3n) is 2.06. The molecule has 0 heterocycles. The molecule has 3 heteroatoms. The minimum absolute atomic E-state index is 0.229. The normalized spacial score (nSPS) is 12.5. The van der Waals surface area contributed by atoms with Crippen molar-refractivity contribution in [3.63, 3.8) is 0 Å². The van der Waals surface area contributed by atoms with E-state index in [2.05, 4.69) is 6.58 Å². The molecule has 0 saturated heterocycles. The van der Waals surface area contributed by atoms with Crippen LogP contribution in [0.3, 0.4) is 0 Å². The SMILES string of the molecule is C=CCCC(N)c1cccc(F)c1F. The van der Waals surface area contributed by atoms with Crippen LogP contribution in [0.1, 0.15) is 24.4 Å². The van der Waals surface area contributed by atoms with E-state index in [0.717, 1.165) is 6.07 Å². The molecule has 0 bridgehead atoms. The van der Waals surface area contributed by atoms with Crippen molar-refractivity contribution in [2.24, 2.45) is 5.73 Å². The van der Waals surface area contributed by atoms with Crippen LogP contribution in [-0.4, -0.2) is 0 Å². The molecule has 76 valence electrons. The third kappa shape index (κ3) is 2.39. The molecule has 0 saturated carbocycles. The molecule has 1 unspecified atom stereocenters. The van der Waals surface area contributed by atoms with Gasteiger partial charge in [0.1, 0.15) is 0 Å². The molecule has 1 aromatic carbocycles. The molecule has 2 N–H and O–H groups in total. The molecule has 14 heavy (non-hydrogen) atoms. The first-order chi connectivity index (χ1) is 6.66. The van der Waals surface area contributed by atoms with Crippen molar-refractivity contribution in [2.75, 3.05) is 0 Å². The van der Waals surface area contributed by atoms with E-state index in [1.807, 2.05) is 0 Å². The van der Waals surface area contributed by atoms with Gasteiger partial charge in [-0.15, -0.1) is 6.58 Å². The lowest BCUT2D eigenvalue weighted by atomic mass is 10.0. The molecule has 0 aliphatic heterocycles. The Morgan fingerprint density at radius 1 is 1.43 bits per heavy atom. The minimum atomic E-state index is -0.850. The Bertz CT molecular complexity index is 323. The van der Waals surface area contributed by atoms with Crippen LogP contribution in [0.25, 0.3) is 0 Å². The van der Waals surface area contributed by atoms with Gasteiger partial charge in [0.15, 0.2) is 11.6 Å². The van der Waals surface area contributed by atoms with Gasteiger partial charge in [-0.2, -0.15) is 0 Å². The number of allylic oxidation sites excluding steroid dienone is 1. The Balaban J connectivity index is 2.83. The lowest BCUT2D eigenvalue weighted by Crippen LogP contribution is -2.12. The minimum Gasteiger partial charge on any atom is -0.324 e. The number of hydrogen-bond acceptors (Lipinski definition) is 1. The zero-order valence-corrected chi connectivity index (χ0v) is 7.84. The van der Waals surface area contributed by atoms with E-state index in [1.165, 1.54) is 12.1 Å². The molecule has 0 fully saturated rings. The summed E-state index contributed by atoms with van der Waals surface area (Å²) in [6.45, 7) is 3.54. The summed E-state index contributed by atoms with van der Waals surface area (Å²) in [6.07, 6.45) is 2.97. The van der Waals surface area contributed by atoms with E-state index in [1.54, 1.807) is 6.08 Å². The Morgan fingerprint density at radius 3 is 2.79 bits per heavy atom. The maximum atomic E-state index is 13.2. The van der Waals surface area contributed by atoms with Crippen molar-refractivity contribution in [1.29, 1.82) is 0 Å². The van der Waals surface area contributed by atoms with Gasteiger partial charge in [0.25, 0.3) is 0 Å². The first-order valence-electron chi connectivity index (χ1n) is 4.47. The van der Waals surface area contributed by atoms with Crippen LogP contribution in [0.2, 0.25) is 0 Å². The summed E-state index contributed by atoms with van der Waals surface area (Å²) in [5, 5.41) is 0. The summed E-state index contributed by atoms with van der Waals surface area (Å²) in [6, 6.07) is 3.58. The Kier molecular flexibility index (Phi) is 3.77. The van der Waals surface area contributed by atoms with Crippen LogP contribution in [-0.2, 0) is 0 Å². The first kappa shape index (κ1) is 10.9. The zero-order valence-electron chi connectivity index (χ0n) is 7.84. The molecule has 0 aliphatic rings. The molecule has 0 amide bonds. The smallest absolute Gasteiger partial charge is 0.163 e. The van der Waals surface area contributed by atoms with E-state index in [-0.39, 0.29) is 5.56 Å². The van der Waals surface area contributed by atoms with Crippen molar-refractivity contribution < 1.29 is 8.78 Å². The van der Waals surface area contributed by atoms with Crippen LogP contribution < -0.4 is 5.73 Å². The van der Waals surface area contributed by atoms with Crippen molar-refractivity contribution in [3.8, 4) is 0 Å². The largest absolute Gasteiger partial charge is 0.324 e. The van der Waals surface area contributed by atoms with Gasteiger partial charge in [0.2, 0.25) is 0 Å². The Hall–Kier alpha value is -1.22. The summed E-state index contributed by atoms with van der Waals surface area (Å²) < 4.78 is 26.0. The van der Waals surface area contributed by atoms with Crippen molar-refractivity contribution in [1.82, 2.24) is 0 Å². The fourth-order valence-electron chi connectivity index (χ4n) is 1.26. The average molecular weight is 197 g/mol. The second-order valence-electron chi connectivity index (χ2n) is 3.12. The molecule has 0 aromatic heterocycles. The number of rotatable bonds is 4. The third-order valence-corrected chi connectivity index (χ3v) is 2.06. The topological polar surface area (TPSA) is 26.0 Å². The maximum Gasteiger partial charge on any atom is 0.163 e. The maximum absolute atomic E-state index is 13.2. The number of halogens is 2. The fraction of sp³-hybridized carbons (Fsp3) is 0.273. The lowest BCUT2D eigenvalue weighted by Gasteiger charge is -2.11. The number of nitrogens with two attached hydrogens (primary N) is 1. The molecule has 0 spiro atoms. The van der Waals surface area contributed by atoms with E-state index in [9.17, 15) is 8.78 Å². The fourth-order valence-corrected chi connectivity index (χ4v) is 1.26. The van der Waals surface area contributed by atoms with Crippen molar-refractivity contribution in [2.45, 2.75) is 18.9 Å². The van der Waals surface area contributed by atoms with Gasteiger partial charge >= 0.3 is 0 Å². The highest BCUT2D eigenvalue weighted by Crippen LogP contribution is 2.20. The van der Waals surface area contributed by atoms with Gasteiger partial charge in [-0.05, 0) is 18.9 Å². The van der Waals surface area contributed by atoms with Gasteiger partial charge in [0, 0.05) is 11.6 Å². The van der Waals surface area contributed by atoms with Gasteiger partial charge in [-0.25, -0.2) is 8.78 Å². The molecule has 1 atom stereocenters. The summed E-state index contributed by atoms with van der Waals surface area (Å²) in [5.41, 5.74) is 5.92. The van der Waals surface area contributed by atoms with Crippen LogP contribution >= 0.6 is 0 Å². The van der Waals surface area contributed by atoms with Crippen molar-refractivity contribution >= 4 is 0 Å². The number of benzene rings is 1. The Labute approximate surface area is 82.2 Å². The quantitative estimate of drug-likeness (QED) is 0.738. The number of hydrogen-bond donors (Lipinski definition) is 1. The second kappa shape index (κ2) is 4.86. The van der Waals surface area contributed by atoms with Gasteiger partial charge in [0.05, 0.1) is 0 Å². The monoisotopic (exact) mass is 197 g/mol. The molecular weight excluding hydrogens is 184 g/mol. The standard InChI is InChI=1S/C11H13F2N/c1-2-3-7-10(14)8-5-4-6-9(12)11(8)13/h2,4-6,10H,1,3,7,14H2. The van der Waals surface area contributed by atoms with E-state index >= 15 is 0 Å². The molecule has 1 nitrogen and oxygen atoms in total. The van der Waals surface area contributed by atoms with E-state index < -0.39 is 17.7 Å². The molecule has 1 aromatic rings. The zero-order chi connectivity index (χ0) is 10.6. The van der Waals surface area contributed by atoms with Crippen LogP contribution in [0.5, 0.6) is 0 Å². The first-order valence-corrected chi connectivity index (χ1v) is 4.47. The summed E-state index contributed by atoms with van der Waals surface area (Å²) in [7, 11) is 0. The predicted molar refractivity (Wildman–Crippen MR) is 52.7 cm³/mol. The predicted octanol–water partition coefficient (Wildman–Crippen LogP) is 2.93. The van der Waals surface area contributed by atoms with Gasteiger partial charge in [-0.3, -0.25) is 0 Å². The van der Waals surface area contributed by atoms with Crippen LogP contribution in [0.4, 0.5) is 8.78 Å². The van der Waals surface area contributed by atoms with E-state index in [4.69, 9.17) is 5.73 Å². The highest BCUT2D eigenvalue weighted by Gasteiger charge is 2.13. The highest BCUT2D eigenvalue weighted by atomic mass is 19.2. The van der Waals surface area contributed by atoms with Gasteiger partial charge < -0.3 is 5.73 Å².